The zero-order valence-electron chi connectivity index (χ0n) is 9.19. The number of carboxylic acids is 1. The van der Waals surface area contributed by atoms with Gasteiger partial charge in [-0.1, -0.05) is 17.7 Å². The molecule has 5 heteroatoms. The lowest BCUT2D eigenvalue weighted by molar-refractivity contribution is -0.158. The van der Waals surface area contributed by atoms with E-state index >= 15 is 0 Å². The monoisotopic (exact) mass is 225 g/mol. The molecule has 4 N–H and O–H groups in total. The van der Waals surface area contributed by atoms with Gasteiger partial charge in [-0.2, -0.15) is 0 Å². The van der Waals surface area contributed by atoms with Gasteiger partial charge < -0.3 is 20.6 Å². The van der Waals surface area contributed by atoms with Crippen LogP contribution in [-0.4, -0.2) is 33.6 Å². The number of hydrogen-bond donors (Lipinski definition) is 4. The van der Waals surface area contributed by atoms with Crippen molar-refractivity contribution in [2.45, 2.75) is 19.6 Å². The summed E-state index contributed by atoms with van der Waals surface area (Å²) >= 11 is 0. The first-order valence-corrected chi connectivity index (χ1v) is 4.81. The van der Waals surface area contributed by atoms with Crippen LogP contribution in [0.1, 0.15) is 11.1 Å². The Kier molecular flexibility index (Phi) is 3.51. The first-order valence-electron chi connectivity index (χ1n) is 4.81. The van der Waals surface area contributed by atoms with Gasteiger partial charge in [0.05, 0.1) is 0 Å². The molecule has 0 aliphatic rings. The van der Waals surface area contributed by atoms with Crippen LogP contribution in [0.5, 0.6) is 0 Å². The number of carbonyl (C=O) groups is 1. The number of aryl methyl sites for hydroxylation is 2. The predicted molar refractivity (Wildman–Crippen MR) is 59.2 cm³/mol. The summed E-state index contributed by atoms with van der Waals surface area (Å²) in [6.07, 6.45) is 0. The largest absolute Gasteiger partial charge is 0.478 e. The van der Waals surface area contributed by atoms with Crippen molar-refractivity contribution in [1.29, 1.82) is 0 Å². The molecule has 88 valence electrons. The molecule has 0 heterocycles. The molecule has 1 unspecified atom stereocenters. The molecule has 0 bridgehead atoms. The van der Waals surface area contributed by atoms with E-state index in [1.165, 1.54) is 0 Å². The molecular weight excluding hydrogens is 210 g/mol. The summed E-state index contributed by atoms with van der Waals surface area (Å²) in [6.45, 7) is 2.79. The highest BCUT2D eigenvalue weighted by Crippen LogP contribution is 2.19. The summed E-state index contributed by atoms with van der Waals surface area (Å²) < 4.78 is 0. The Morgan fingerprint density at radius 2 is 2.06 bits per heavy atom. The molecule has 0 fully saturated rings. The van der Waals surface area contributed by atoms with E-state index in [0.717, 1.165) is 11.1 Å². The van der Waals surface area contributed by atoms with Crippen LogP contribution >= 0.6 is 0 Å². The Hall–Kier alpha value is -1.59. The summed E-state index contributed by atoms with van der Waals surface area (Å²) in [6, 6.07) is 5.30. The zero-order valence-corrected chi connectivity index (χ0v) is 9.19. The minimum absolute atomic E-state index is 0.476. The number of benzene rings is 1. The van der Waals surface area contributed by atoms with Crippen LogP contribution < -0.4 is 5.32 Å². The van der Waals surface area contributed by atoms with Gasteiger partial charge in [-0.15, -0.1) is 0 Å². The van der Waals surface area contributed by atoms with E-state index < -0.39 is 18.3 Å². The maximum absolute atomic E-state index is 10.8. The van der Waals surface area contributed by atoms with Crippen LogP contribution in [-0.2, 0) is 4.79 Å². The molecule has 0 saturated heterocycles. The van der Waals surface area contributed by atoms with E-state index in [1.807, 2.05) is 13.0 Å². The molecule has 1 aromatic carbocycles. The van der Waals surface area contributed by atoms with Crippen molar-refractivity contribution in [3.63, 3.8) is 0 Å². The number of carboxylic acid groups (broad SMARTS) is 1. The fourth-order valence-corrected chi connectivity index (χ4v) is 1.34. The first-order chi connectivity index (χ1) is 7.39. The quantitative estimate of drug-likeness (QED) is 0.560. The zero-order chi connectivity index (χ0) is 12.3. The second-order valence-electron chi connectivity index (χ2n) is 3.77. The number of rotatable bonds is 4. The van der Waals surface area contributed by atoms with Crippen molar-refractivity contribution in [2.24, 2.45) is 0 Å². The Balaban J connectivity index is 2.99. The van der Waals surface area contributed by atoms with Crippen LogP contribution in [0.2, 0.25) is 0 Å². The summed E-state index contributed by atoms with van der Waals surface area (Å²) in [5, 5.41) is 29.6. The fourth-order valence-electron chi connectivity index (χ4n) is 1.34. The first kappa shape index (κ1) is 12.5. The average molecular weight is 225 g/mol. The number of anilines is 1. The third kappa shape index (κ3) is 2.50. The van der Waals surface area contributed by atoms with Gasteiger partial charge in [0.25, 0.3) is 5.72 Å². The van der Waals surface area contributed by atoms with E-state index in [4.69, 9.17) is 10.2 Å². The smallest absolute Gasteiger partial charge is 0.359 e. The predicted octanol–water partition coefficient (Wildman–Crippen LogP) is 0.481. The lowest BCUT2D eigenvalue weighted by Gasteiger charge is -2.24. The van der Waals surface area contributed by atoms with Crippen molar-refractivity contribution >= 4 is 11.7 Å². The fraction of sp³-hybridized carbons (Fsp3) is 0.364. The standard InChI is InChI=1S/C11H15NO4/c1-7-3-4-9(8(2)5-7)12-11(16,6-13)10(14)15/h3-5,12-13,16H,6H2,1-2H3,(H,14,15). The highest BCUT2D eigenvalue weighted by Gasteiger charge is 2.35. The molecule has 0 spiro atoms. The normalized spacial score (nSPS) is 14.2. The Morgan fingerprint density at radius 3 is 2.50 bits per heavy atom. The number of nitrogens with one attached hydrogen (secondary N) is 1. The van der Waals surface area contributed by atoms with Crippen LogP contribution in [0.3, 0.4) is 0 Å². The highest BCUT2D eigenvalue weighted by atomic mass is 16.4. The van der Waals surface area contributed by atoms with Gasteiger partial charge in [-0.3, -0.25) is 0 Å². The minimum atomic E-state index is -2.35. The SMILES string of the molecule is Cc1ccc(NC(O)(CO)C(=O)O)c(C)c1. The topological polar surface area (TPSA) is 89.8 Å². The van der Waals surface area contributed by atoms with E-state index in [-0.39, 0.29) is 0 Å². The van der Waals surface area contributed by atoms with Crippen molar-refractivity contribution < 1.29 is 20.1 Å². The maximum Gasteiger partial charge on any atom is 0.359 e. The summed E-state index contributed by atoms with van der Waals surface area (Å²) in [5.74, 6) is -1.52. The van der Waals surface area contributed by atoms with Gasteiger partial charge in [0, 0.05) is 5.69 Å². The number of aliphatic carboxylic acids is 1. The lowest BCUT2D eigenvalue weighted by atomic mass is 10.1. The molecular formula is C11H15NO4. The lowest BCUT2D eigenvalue weighted by Crippen LogP contribution is -2.49. The van der Waals surface area contributed by atoms with Crippen LogP contribution in [0, 0.1) is 13.8 Å². The van der Waals surface area contributed by atoms with Crippen molar-refractivity contribution in [3.8, 4) is 0 Å². The van der Waals surface area contributed by atoms with Crippen LogP contribution in [0.15, 0.2) is 18.2 Å². The third-order valence-corrected chi connectivity index (χ3v) is 2.31. The van der Waals surface area contributed by atoms with Gasteiger partial charge in [-0.05, 0) is 25.5 Å². The van der Waals surface area contributed by atoms with Crippen LogP contribution in [0.25, 0.3) is 0 Å². The summed E-state index contributed by atoms with van der Waals surface area (Å²) in [7, 11) is 0. The number of hydrogen-bond acceptors (Lipinski definition) is 4. The van der Waals surface area contributed by atoms with Gasteiger partial charge >= 0.3 is 5.97 Å². The van der Waals surface area contributed by atoms with Crippen LogP contribution in [0.4, 0.5) is 5.69 Å². The summed E-state index contributed by atoms with van der Waals surface area (Å²) in [4.78, 5) is 10.8. The number of aliphatic hydroxyl groups excluding tert-OH is 1. The second kappa shape index (κ2) is 4.51. The Morgan fingerprint density at radius 1 is 1.44 bits per heavy atom. The molecule has 0 radical (unpaired) electrons. The maximum atomic E-state index is 10.8. The summed E-state index contributed by atoms with van der Waals surface area (Å²) in [5.41, 5.74) is -0.0383. The molecule has 1 aromatic rings. The highest BCUT2D eigenvalue weighted by molar-refractivity contribution is 5.81. The molecule has 0 aromatic heterocycles. The van der Waals surface area contributed by atoms with E-state index in [0.29, 0.717) is 5.69 Å². The average Bonchev–Trinajstić information content (AvgIpc) is 2.22. The van der Waals surface area contributed by atoms with Gasteiger partial charge in [0.15, 0.2) is 0 Å². The van der Waals surface area contributed by atoms with Crippen molar-refractivity contribution in [1.82, 2.24) is 0 Å². The van der Waals surface area contributed by atoms with Crippen molar-refractivity contribution in [2.75, 3.05) is 11.9 Å². The molecule has 0 aliphatic carbocycles. The molecule has 0 amide bonds. The minimum Gasteiger partial charge on any atom is -0.478 e. The third-order valence-electron chi connectivity index (χ3n) is 2.31. The van der Waals surface area contributed by atoms with E-state index in [9.17, 15) is 9.90 Å². The molecule has 0 aliphatic heterocycles. The Labute approximate surface area is 93.4 Å². The number of aliphatic hydroxyl groups is 2. The molecule has 16 heavy (non-hydrogen) atoms. The molecule has 0 saturated carbocycles. The van der Waals surface area contributed by atoms with Gasteiger partial charge in [-0.25, -0.2) is 4.79 Å². The molecule has 1 rings (SSSR count). The Bertz CT molecular complexity index is 405. The second-order valence-corrected chi connectivity index (χ2v) is 3.77. The van der Waals surface area contributed by atoms with Gasteiger partial charge in [0.1, 0.15) is 6.61 Å². The molecule has 5 nitrogen and oxygen atoms in total. The van der Waals surface area contributed by atoms with Crippen molar-refractivity contribution in [3.05, 3.63) is 29.3 Å². The van der Waals surface area contributed by atoms with E-state index in [2.05, 4.69) is 5.32 Å². The molecule has 1 atom stereocenters. The van der Waals surface area contributed by atoms with Gasteiger partial charge in [0.2, 0.25) is 0 Å². The van der Waals surface area contributed by atoms with E-state index in [1.54, 1.807) is 19.1 Å².